The molecule has 0 aliphatic carbocycles. The monoisotopic (exact) mass is 530 g/mol. The van der Waals surface area contributed by atoms with Crippen molar-refractivity contribution < 1.29 is 17.9 Å². The van der Waals surface area contributed by atoms with Gasteiger partial charge in [0.1, 0.15) is 12.3 Å². The third-order valence-corrected chi connectivity index (χ3v) is 8.22. The summed E-state index contributed by atoms with van der Waals surface area (Å²) in [5.41, 5.74) is 2.57. The van der Waals surface area contributed by atoms with E-state index in [2.05, 4.69) is 36.5 Å². The van der Waals surface area contributed by atoms with Crippen molar-refractivity contribution in [3.8, 4) is 5.75 Å². The van der Waals surface area contributed by atoms with Crippen LogP contribution in [0.4, 0.5) is 5.69 Å². The lowest BCUT2D eigenvalue weighted by atomic mass is 9.96. The first-order chi connectivity index (χ1) is 18.3. The molecule has 0 spiro atoms. The summed E-state index contributed by atoms with van der Waals surface area (Å²) < 4.78 is 33.9. The second-order valence-electron chi connectivity index (χ2n) is 9.50. The van der Waals surface area contributed by atoms with Crippen LogP contribution in [0.3, 0.4) is 0 Å². The maximum Gasteiger partial charge on any atom is 0.264 e. The van der Waals surface area contributed by atoms with Crippen LogP contribution in [0.1, 0.15) is 25.0 Å². The number of benzene rings is 4. The predicted octanol–water partition coefficient (Wildman–Crippen LogP) is 5.74. The molecule has 4 aromatic rings. The highest BCUT2D eigenvalue weighted by Crippen LogP contribution is 2.26. The molecule has 4 rings (SSSR count). The van der Waals surface area contributed by atoms with E-state index in [9.17, 15) is 13.2 Å². The summed E-state index contributed by atoms with van der Waals surface area (Å²) >= 11 is 0. The molecule has 1 unspecified atom stereocenters. The lowest BCUT2D eigenvalue weighted by molar-refractivity contribution is -0.119. The molecule has 0 bridgehead atoms. The fraction of sp³-hybridized carbons (Fsp3) is 0.258. The molecule has 0 saturated carbocycles. The predicted molar refractivity (Wildman–Crippen MR) is 153 cm³/mol. The normalized spacial score (nSPS) is 12.2. The van der Waals surface area contributed by atoms with Crippen molar-refractivity contribution in [3.05, 3.63) is 102 Å². The molecule has 0 saturated heterocycles. The van der Waals surface area contributed by atoms with E-state index in [0.717, 1.165) is 16.3 Å². The summed E-state index contributed by atoms with van der Waals surface area (Å²) in [7, 11) is -3.97. The molecule has 1 amide bonds. The second kappa shape index (κ2) is 12.1. The van der Waals surface area contributed by atoms with Crippen molar-refractivity contribution in [2.45, 2.75) is 32.1 Å². The zero-order chi connectivity index (χ0) is 27.1. The van der Waals surface area contributed by atoms with E-state index in [0.29, 0.717) is 24.6 Å². The van der Waals surface area contributed by atoms with Gasteiger partial charge in [-0.15, -0.1) is 0 Å². The van der Waals surface area contributed by atoms with Gasteiger partial charge < -0.3 is 10.1 Å². The Labute approximate surface area is 225 Å². The van der Waals surface area contributed by atoms with Gasteiger partial charge in [0.05, 0.1) is 17.2 Å². The largest absolute Gasteiger partial charge is 0.494 e. The van der Waals surface area contributed by atoms with Gasteiger partial charge in [-0.05, 0) is 78.9 Å². The third kappa shape index (κ3) is 6.53. The van der Waals surface area contributed by atoms with Crippen LogP contribution in [-0.4, -0.2) is 34.0 Å². The van der Waals surface area contributed by atoms with Gasteiger partial charge in [-0.2, -0.15) is 0 Å². The summed E-state index contributed by atoms with van der Waals surface area (Å²) in [5.74, 6) is 0.437. The Bertz CT molecular complexity index is 1480. The molecule has 0 radical (unpaired) electrons. The van der Waals surface area contributed by atoms with Gasteiger partial charge >= 0.3 is 0 Å². The molecule has 0 fully saturated rings. The maximum atomic E-state index is 13.6. The number of nitrogens with one attached hydrogen (secondary N) is 1. The van der Waals surface area contributed by atoms with Crippen LogP contribution >= 0.6 is 0 Å². The number of ether oxygens (including phenoxy) is 1. The highest BCUT2D eigenvalue weighted by molar-refractivity contribution is 7.92. The number of fused-ring (bicyclic) bond motifs is 1. The molecule has 6 nitrogen and oxygen atoms in total. The van der Waals surface area contributed by atoms with Crippen molar-refractivity contribution in [1.29, 1.82) is 0 Å². The summed E-state index contributed by atoms with van der Waals surface area (Å²) in [6, 6.07) is 27.9. The van der Waals surface area contributed by atoms with Gasteiger partial charge in [0.25, 0.3) is 10.0 Å². The average Bonchev–Trinajstić information content (AvgIpc) is 2.92. The number of sulfonamides is 1. The first-order valence-corrected chi connectivity index (χ1v) is 14.3. The van der Waals surface area contributed by atoms with Crippen LogP contribution in [0, 0.1) is 12.8 Å². The van der Waals surface area contributed by atoms with Crippen molar-refractivity contribution in [2.75, 3.05) is 24.0 Å². The smallest absolute Gasteiger partial charge is 0.264 e. The van der Waals surface area contributed by atoms with Crippen LogP contribution in [0.2, 0.25) is 0 Å². The lowest BCUT2D eigenvalue weighted by Gasteiger charge is -2.25. The van der Waals surface area contributed by atoms with Crippen molar-refractivity contribution in [1.82, 2.24) is 5.32 Å². The minimum Gasteiger partial charge on any atom is -0.494 e. The SMILES string of the molecule is CCOc1ccc(N(CC(=O)NCC(C)Cc2cccc3ccccc23)S(=O)(=O)c2ccc(C)cc2)cc1. The van der Waals surface area contributed by atoms with Crippen LogP contribution in [-0.2, 0) is 21.2 Å². The highest BCUT2D eigenvalue weighted by atomic mass is 32.2. The molecule has 0 heterocycles. The Kier molecular flexibility index (Phi) is 8.69. The van der Waals surface area contributed by atoms with Gasteiger partial charge in [0.2, 0.25) is 5.91 Å². The minimum atomic E-state index is -3.97. The number of nitrogens with zero attached hydrogens (tertiary/aromatic N) is 1. The van der Waals surface area contributed by atoms with E-state index in [1.54, 1.807) is 48.5 Å². The lowest BCUT2D eigenvalue weighted by Crippen LogP contribution is -2.42. The Balaban J connectivity index is 1.49. The van der Waals surface area contributed by atoms with Crippen LogP contribution < -0.4 is 14.4 Å². The van der Waals surface area contributed by atoms with E-state index >= 15 is 0 Å². The van der Waals surface area contributed by atoms with E-state index < -0.39 is 10.0 Å². The molecule has 1 atom stereocenters. The second-order valence-corrected chi connectivity index (χ2v) is 11.4. The fourth-order valence-electron chi connectivity index (χ4n) is 4.42. The molecule has 38 heavy (non-hydrogen) atoms. The van der Waals surface area contributed by atoms with E-state index in [1.165, 1.54) is 16.3 Å². The number of rotatable bonds is 11. The molecular weight excluding hydrogens is 496 g/mol. The van der Waals surface area contributed by atoms with Gasteiger partial charge in [0.15, 0.2) is 0 Å². The number of carbonyl (C=O) groups excluding carboxylic acids is 1. The van der Waals surface area contributed by atoms with Crippen LogP contribution in [0.5, 0.6) is 5.75 Å². The molecule has 198 valence electrons. The molecule has 7 heteroatoms. The summed E-state index contributed by atoms with van der Waals surface area (Å²) in [6.45, 7) is 6.47. The number of anilines is 1. The number of amides is 1. The van der Waals surface area contributed by atoms with Gasteiger partial charge in [-0.25, -0.2) is 8.42 Å². The number of hydrogen-bond donors (Lipinski definition) is 1. The summed E-state index contributed by atoms with van der Waals surface area (Å²) in [5, 5.41) is 5.34. The van der Waals surface area contributed by atoms with E-state index in [-0.39, 0.29) is 23.3 Å². The van der Waals surface area contributed by atoms with Gasteiger partial charge in [0, 0.05) is 6.54 Å². The fourth-order valence-corrected chi connectivity index (χ4v) is 5.84. The van der Waals surface area contributed by atoms with Gasteiger partial charge in [-0.3, -0.25) is 9.10 Å². The first kappa shape index (κ1) is 27.2. The third-order valence-electron chi connectivity index (χ3n) is 6.43. The van der Waals surface area contributed by atoms with Crippen molar-refractivity contribution >= 4 is 32.4 Å². The molecule has 0 aliphatic rings. The molecule has 1 N–H and O–H groups in total. The minimum absolute atomic E-state index is 0.133. The summed E-state index contributed by atoms with van der Waals surface area (Å²) in [6.07, 6.45) is 0.798. The standard InChI is InChI=1S/C31H34N2O4S/c1-4-37-28-16-14-27(15-17-28)33(38(35,36)29-18-12-23(2)13-19-29)22-31(34)32-21-24(3)20-26-10-7-9-25-8-5-6-11-30(25)26/h5-19,24H,4,20-22H2,1-3H3,(H,32,34). The Hall–Kier alpha value is -3.84. The molecule has 0 aliphatic heterocycles. The van der Waals surface area contributed by atoms with Crippen LogP contribution in [0.25, 0.3) is 10.8 Å². The number of carbonyl (C=O) groups is 1. The Morgan fingerprint density at radius 3 is 2.32 bits per heavy atom. The zero-order valence-corrected chi connectivity index (χ0v) is 22.9. The zero-order valence-electron chi connectivity index (χ0n) is 22.1. The molecule has 4 aromatic carbocycles. The Morgan fingerprint density at radius 2 is 1.61 bits per heavy atom. The topological polar surface area (TPSA) is 75.7 Å². The first-order valence-electron chi connectivity index (χ1n) is 12.8. The number of hydrogen-bond acceptors (Lipinski definition) is 4. The number of aryl methyl sites for hydroxylation is 1. The van der Waals surface area contributed by atoms with E-state index in [1.807, 2.05) is 32.0 Å². The van der Waals surface area contributed by atoms with Crippen molar-refractivity contribution in [2.24, 2.45) is 5.92 Å². The Morgan fingerprint density at radius 1 is 0.921 bits per heavy atom. The quantitative estimate of drug-likeness (QED) is 0.268. The summed E-state index contributed by atoms with van der Waals surface area (Å²) in [4.78, 5) is 13.2. The van der Waals surface area contributed by atoms with Gasteiger partial charge in [-0.1, -0.05) is 67.1 Å². The average molecular weight is 531 g/mol. The molecular formula is C31H34N2O4S. The van der Waals surface area contributed by atoms with E-state index in [4.69, 9.17) is 4.74 Å². The maximum absolute atomic E-state index is 13.6. The molecule has 0 aromatic heterocycles. The van der Waals surface area contributed by atoms with Crippen molar-refractivity contribution in [3.63, 3.8) is 0 Å². The highest BCUT2D eigenvalue weighted by Gasteiger charge is 2.27. The van der Waals surface area contributed by atoms with Crippen LogP contribution in [0.15, 0.2) is 95.9 Å².